The standard InChI is InChI=1S/C22H23FN4O2/c1-16(28)25-10-12-26(13-11-25)22(29)14-18(17-6-2-3-7-19(17)23)20-15-24-21-8-4-5-9-27(20)21/h2-9,15,18H,10-14H2,1H3. The summed E-state index contributed by atoms with van der Waals surface area (Å²) in [5, 5.41) is 0. The maximum absolute atomic E-state index is 14.7. The Morgan fingerprint density at radius 2 is 1.72 bits per heavy atom. The van der Waals surface area contributed by atoms with Crippen LogP contribution in [0, 0.1) is 5.82 Å². The summed E-state index contributed by atoms with van der Waals surface area (Å²) in [7, 11) is 0. The van der Waals surface area contributed by atoms with E-state index in [0.29, 0.717) is 31.7 Å². The molecule has 1 unspecified atom stereocenters. The van der Waals surface area contributed by atoms with Crippen LogP contribution in [-0.4, -0.2) is 57.2 Å². The molecule has 7 heteroatoms. The third-order valence-electron chi connectivity index (χ3n) is 5.54. The van der Waals surface area contributed by atoms with Gasteiger partial charge in [-0.25, -0.2) is 9.37 Å². The molecule has 0 aliphatic carbocycles. The van der Waals surface area contributed by atoms with Gasteiger partial charge in [0.25, 0.3) is 0 Å². The molecular formula is C22H23FN4O2. The first-order valence-electron chi connectivity index (χ1n) is 9.74. The predicted octanol–water partition coefficient (Wildman–Crippen LogP) is 2.69. The Hall–Kier alpha value is -3.22. The molecule has 1 saturated heterocycles. The zero-order chi connectivity index (χ0) is 20.4. The van der Waals surface area contributed by atoms with Crippen molar-refractivity contribution in [3.8, 4) is 0 Å². The molecule has 150 valence electrons. The van der Waals surface area contributed by atoms with Crippen molar-refractivity contribution in [1.82, 2.24) is 19.2 Å². The smallest absolute Gasteiger partial charge is 0.223 e. The van der Waals surface area contributed by atoms with Gasteiger partial charge in [-0.1, -0.05) is 24.3 Å². The summed E-state index contributed by atoms with van der Waals surface area (Å²) in [5.74, 6) is -0.816. The number of aromatic nitrogens is 2. The van der Waals surface area contributed by atoms with Gasteiger partial charge in [-0.15, -0.1) is 0 Å². The molecule has 0 spiro atoms. The third-order valence-corrected chi connectivity index (χ3v) is 5.54. The van der Waals surface area contributed by atoms with Crippen molar-refractivity contribution in [2.45, 2.75) is 19.3 Å². The first-order chi connectivity index (χ1) is 14.0. The van der Waals surface area contributed by atoms with E-state index in [9.17, 15) is 14.0 Å². The summed E-state index contributed by atoms with van der Waals surface area (Å²) in [6, 6.07) is 12.2. The molecule has 0 bridgehead atoms. The number of benzene rings is 1. The molecule has 1 aromatic carbocycles. The minimum Gasteiger partial charge on any atom is -0.339 e. The Morgan fingerprint density at radius 3 is 2.45 bits per heavy atom. The molecule has 0 radical (unpaired) electrons. The van der Waals surface area contributed by atoms with Crippen molar-refractivity contribution in [2.24, 2.45) is 0 Å². The zero-order valence-corrected chi connectivity index (χ0v) is 16.3. The molecule has 3 heterocycles. The lowest BCUT2D eigenvalue weighted by molar-refractivity contribution is -0.138. The van der Waals surface area contributed by atoms with Crippen LogP contribution in [0.4, 0.5) is 4.39 Å². The van der Waals surface area contributed by atoms with Crippen molar-refractivity contribution in [3.05, 3.63) is 71.9 Å². The van der Waals surface area contributed by atoms with Crippen LogP contribution in [0.2, 0.25) is 0 Å². The van der Waals surface area contributed by atoms with E-state index in [-0.39, 0.29) is 24.1 Å². The average molecular weight is 394 g/mol. The number of hydrogen-bond donors (Lipinski definition) is 0. The van der Waals surface area contributed by atoms with Gasteiger partial charge in [0, 0.05) is 57.8 Å². The maximum atomic E-state index is 14.7. The number of fused-ring (bicyclic) bond motifs is 1. The molecule has 2 amide bonds. The monoisotopic (exact) mass is 394 g/mol. The van der Waals surface area contributed by atoms with E-state index in [1.54, 1.807) is 34.2 Å². The highest BCUT2D eigenvalue weighted by Gasteiger charge is 2.28. The highest BCUT2D eigenvalue weighted by Crippen LogP contribution is 2.31. The minimum atomic E-state index is -0.452. The number of carbonyl (C=O) groups is 2. The summed E-state index contributed by atoms with van der Waals surface area (Å²) < 4.78 is 16.6. The van der Waals surface area contributed by atoms with Crippen LogP contribution in [0.15, 0.2) is 54.9 Å². The lowest BCUT2D eigenvalue weighted by atomic mass is 9.91. The molecular weight excluding hydrogens is 371 g/mol. The van der Waals surface area contributed by atoms with E-state index in [0.717, 1.165) is 11.3 Å². The molecule has 1 fully saturated rings. The fourth-order valence-corrected chi connectivity index (χ4v) is 3.92. The van der Waals surface area contributed by atoms with E-state index in [4.69, 9.17) is 0 Å². The number of halogens is 1. The topological polar surface area (TPSA) is 57.9 Å². The molecule has 0 N–H and O–H groups in total. The number of hydrogen-bond acceptors (Lipinski definition) is 3. The summed E-state index contributed by atoms with van der Waals surface area (Å²) in [6.07, 6.45) is 3.73. The molecule has 3 aromatic rings. The normalized spacial score (nSPS) is 15.5. The zero-order valence-electron chi connectivity index (χ0n) is 16.3. The average Bonchev–Trinajstić information content (AvgIpc) is 3.16. The van der Waals surface area contributed by atoms with Gasteiger partial charge in [0.2, 0.25) is 11.8 Å². The van der Waals surface area contributed by atoms with Crippen LogP contribution in [0.3, 0.4) is 0 Å². The van der Waals surface area contributed by atoms with Crippen LogP contribution in [0.25, 0.3) is 5.65 Å². The van der Waals surface area contributed by atoms with Gasteiger partial charge in [0.15, 0.2) is 0 Å². The van der Waals surface area contributed by atoms with Crippen molar-refractivity contribution < 1.29 is 14.0 Å². The molecule has 1 atom stereocenters. The molecule has 2 aromatic heterocycles. The van der Waals surface area contributed by atoms with Gasteiger partial charge in [-0.3, -0.25) is 9.59 Å². The molecule has 1 aliphatic heterocycles. The van der Waals surface area contributed by atoms with Gasteiger partial charge in [-0.2, -0.15) is 0 Å². The van der Waals surface area contributed by atoms with Crippen LogP contribution in [0.5, 0.6) is 0 Å². The SMILES string of the molecule is CC(=O)N1CCN(C(=O)CC(c2ccccc2F)c2cnc3ccccn23)CC1. The summed E-state index contributed by atoms with van der Waals surface area (Å²) in [6.45, 7) is 3.59. The summed E-state index contributed by atoms with van der Waals surface area (Å²) in [5.41, 5.74) is 2.02. The number of piperazine rings is 1. The van der Waals surface area contributed by atoms with Crippen LogP contribution in [-0.2, 0) is 9.59 Å². The van der Waals surface area contributed by atoms with E-state index in [1.165, 1.54) is 13.0 Å². The van der Waals surface area contributed by atoms with E-state index >= 15 is 0 Å². The minimum absolute atomic E-state index is 0.0204. The highest BCUT2D eigenvalue weighted by atomic mass is 19.1. The van der Waals surface area contributed by atoms with Gasteiger partial charge >= 0.3 is 0 Å². The summed E-state index contributed by atoms with van der Waals surface area (Å²) >= 11 is 0. The number of amides is 2. The van der Waals surface area contributed by atoms with Crippen LogP contribution in [0.1, 0.15) is 30.5 Å². The molecule has 29 heavy (non-hydrogen) atoms. The van der Waals surface area contributed by atoms with Crippen molar-refractivity contribution in [2.75, 3.05) is 26.2 Å². The Kier molecular flexibility index (Phi) is 5.29. The van der Waals surface area contributed by atoms with Crippen molar-refractivity contribution in [3.63, 3.8) is 0 Å². The van der Waals surface area contributed by atoms with Gasteiger partial charge in [-0.05, 0) is 23.8 Å². The van der Waals surface area contributed by atoms with Gasteiger partial charge in [0.1, 0.15) is 11.5 Å². The Bertz CT molecular complexity index is 1040. The number of imidazole rings is 1. The number of rotatable bonds is 4. The third kappa shape index (κ3) is 3.85. The van der Waals surface area contributed by atoms with Crippen LogP contribution >= 0.6 is 0 Å². The number of carbonyl (C=O) groups excluding carboxylic acids is 2. The highest BCUT2D eigenvalue weighted by molar-refractivity contribution is 5.79. The number of nitrogens with zero attached hydrogens (tertiary/aromatic N) is 4. The molecule has 4 rings (SSSR count). The second kappa shape index (κ2) is 8.03. The predicted molar refractivity (Wildman–Crippen MR) is 107 cm³/mol. The van der Waals surface area contributed by atoms with Crippen molar-refractivity contribution in [1.29, 1.82) is 0 Å². The maximum Gasteiger partial charge on any atom is 0.223 e. The fourth-order valence-electron chi connectivity index (χ4n) is 3.92. The number of pyridine rings is 1. The van der Waals surface area contributed by atoms with Crippen molar-refractivity contribution >= 4 is 17.5 Å². The van der Waals surface area contributed by atoms with E-state index in [2.05, 4.69) is 4.98 Å². The first kappa shape index (κ1) is 19.1. The Labute approximate surface area is 168 Å². The first-order valence-corrected chi connectivity index (χ1v) is 9.74. The quantitative estimate of drug-likeness (QED) is 0.684. The Balaban J connectivity index is 1.63. The largest absolute Gasteiger partial charge is 0.339 e. The van der Waals surface area contributed by atoms with Crippen LogP contribution < -0.4 is 0 Å². The second-order valence-electron chi connectivity index (χ2n) is 7.28. The van der Waals surface area contributed by atoms with Gasteiger partial charge < -0.3 is 14.2 Å². The van der Waals surface area contributed by atoms with E-state index < -0.39 is 5.92 Å². The lowest BCUT2D eigenvalue weighted by Gasteiger charge is -2.35. The molecule has 0 saturated carbocycles. The van der Waals surface area contributed by atoms with Gasteiger partial charge in [0.05, 0.1) is 5.69 Å². The van der Waals surface area contributed by atoms with E-state index in [1.807, 2.05) is 28.8 Å². The second-order valence-corrected chi connectivity index (χ2v) is 7.28. The fraction of sp³-hybridized carbons (Fsp3) is 0.318. The Morgan fingerprint density at radius 1 is 1.03 bits per heavy atom. The molecule has 6 nitrogen and oxygen atoms in total. The lowest BCUT2D eigenvalue weighted by Crippen LogP contribution is -2.50. The summed E-state index contributed by atoms with van der Waals surface area (Å²) in [4.78, 5) is 32.5. The molecule has 1 aliphatic rings.